The fourth-order valence-electron chi connectivity index (χ4n) is 2.35. The summed E-state index contributed by atoms with van der Waals surface area (Å²) in [6, 6.07) is 13.6. The van der Waals surface area contributed by atoms with Crippen LogP contribution < -0.4 is 5.32 Å². The summed E-state index contributed by atoms with van der Waals surface area (Å²) in [5.74, 6) is 0.751. The maximum atomic E-state index is 12.9. The highest BCUT2D eigenvalue weighted by Crippen LogP contribution is 2.27. The molecule has 2 aromatic rings. The molecule has 2 aromatic carbocycles. The van der Waals surface area contributed by atoms with Crippen LogP contribution in [-0.4, -0.2) is 12.3 Å². The molecule has 0 radical (unpaired) electrons. The number of hydrogen-bond acceptors (Lipinski definition) is 2. The van der Waals surface area contributed by atoms with Gasteiger partial charge in [0, 0.05) is 16.7 Å². The molecule has 0 saturated carbocycles. The third-order valence-electron chi connectivity index (χ3n) is 3.49. The molecule has 0 bridgehead atoms. The van der Waals surface area contributed by atoms with E-state index in [4.69, 9.17) is 0 Å². The van der Waals surface area contributed by atoms with Crippen molar-refractivity contribution >= 4 is 11.8 Å². The molecule has 0 heterocycles. The minimum atomic E-state index is -0.183. The molecule has 3 heteroatoms. The molecule has 0 aliphatic carbocycles. The van der Waals surface area contributed by atoms with Crippen LogP contribution in [0, 0.1) is 19.7 Å². The first-order chi connectivity index (χ1) is 10.1. The van der Waals surface area contributed by atoms with Gasteiger partial charge in [0.15, 0.2) is 0 Å². The lowest BCUT2D eigenvalue weighted by molar-refractivity contribution is 0.602. The van der Waals surface area contributed by atoms with Crippen LogP contribution >= 0.6 is 11.8 Å². The first-order valence-corrected chi connectivity index (χ1v) is 8.27. The Kier molecular flexibility index (Phi) is 5.83. The van der Waals surface area contributed by atoms with Crippen molar-refractivity contribution < 1.29 is 4.39 Å². The zero-order chi connectivity index (χ0) is 15.2. The van der Waals surface area contributed by atoms with Crippen molar-refractivity contribution in [3.63, 3.8) is 0 Å². The van der Waals surface area contributed by atoms with Gasteiger partial charge < -0.3 is 5.32 Å². The lowest BCUT2D eigenvalue weighted by Crippen LogP contribution is -2.23. The predicted molar refractivity (Wildman–Crippen MR) is 89.5 cm³/mol. The van der Waals surface area contributed by atoms with Crippen LogP contribution in [0.25, 0.3) is 0 Å². The number of aryl methyl sites for hydroxylation is 2. The zero-order valence-electron chi connectivity index (χ0n) is 12.8. The lowest BCUT2D eigenvalue weighted by Gasteiger charge is -2.20. The first-order valence-electron chi connectivity index (χ1n) is 7.29. The van der Waals surface area contributed by atoms with Crippen molar-refractivity contribution in [2.75, 3.05) is 12.3 Å². The Bertz CT molecular complexity index is 580. The highest BCUT2D eigenvalue weighted by molar-refractivity contribution is 7.99. The van der Waals surface area contributed by atoms with Crippen molar-refractivity contribution in [3.05, 3.63) is 65.0 Å². The molecule has 112 valence electrons. The smallest absolute Gasteiger partial charge is 0.123 e. The molecule has 0 spiro atoms. The predicted octanol–water partition coefficient (Wildman–Crippen LogP) is 4.89. The van der Waals surface area contributed by atoms with Gasteiger partial charge in [-0.1, -0.05) is 30.7 Å². The molecule has 0 fully saturated rings. The molecular formula is C18H22FNS. The topological polar surface area (TPSA) is 12.0 Å². The van der Waals surface area contributed by atoms with Gasteiger partial charge in [-0.2, -0.15) is 0 Å². The molecule has 0 saturated heterocycles. The molecule has 1 atom stereocenters. The van der Waals surface area contributed by atoms with E-state index in [0.29, 0.717) is 6.04 Å². The van der Waals surface area contributed by atoms with Gasteiger partial charge in [-0.3, -0.25) is 0 Å². The summed E-state index contributed by atoms with van der Waals surface area (Å²) in [6.07, 6.45) is 0. The number of nitrogens with one attached hydrogen (secondary N) is 1. The van der Waals surface area contributed by atoms with Crippen LogP contribution in [0.2, 0.25) is 0 Å². The van der Waals surface area contributed by atoms with Crippen LogP contribution in [0.5, 0.6) is 0 Å². The van der Waals surface area contributed by atoms with Gasteiger partial charge in [-0.15, -0.1) is 11.8 Å². The van der Waals surface area contributed by atoms with E-state index >= 15 is 0 Å². The van der Waals surface area contributed by atoms with Crippen LogP contribution in [0.1, 0.15) is 29.7 Å². The van der Waals surface area contributed by atoms with Gasteiger partial charge >= 0.3 is 0 Å². The minimum absolute atomic E-state index is 0.183. The van der Waals surface area contributed by atoms with Crippen LogP contribution in [-0.2, 0) is 0 Å². The Labute approximate surface area is 131 Å². The molecule has 0 aliphatic rings. The third-order valence-corrected chi connectivity index (χ3v) is 4.60. The van der Waals surface area contributed by atoms with Crippen LogP contribution in [0.4, 0.5) is 4.39 Å². The van der Waals surface area contributed by atoms with E-state index in [2.05, 4.69) is 44.3 Å². The molecule has 0 aliphatic heterocycles. The SMILES string of the molecule is CCNC(CSc1ccc(F)cc1)c1cc(C)ccc1C. The average Bonchev–Trinajstić information content (AvgIpc) is 2.48. The molecule has 2 rings (SSSR count). The Balaban J connectivity index is 2.11. The summed E-state index contributed by atoms with van der Waals surface area (Å²) in [5, 5.41) is 3.55. The van der Waals surface area contributed by atoms with Crippen molar-refractivity contribution in [2.24, 2.45) is 0 Å². The lowest BCUT2D eigenvalue weighted by atomic mass is 10.00. The van der Waals surface area contributed by atoms with Gasteiger partial charge in [-0.05, 0) is 55.8 Å². The van der Waals surface area contributed by atoms with Gasteiger partial charge in [0.2, 0.25) is 0 Å². The monoisotopic (exact) mass is 303 g/mol. The van der Waals surface area contributed by atoms with Gasteiger partial charge in [0.1, 0.15) is 5.82 Å². The molecule has 1 unspecified atom stereocenters. The largest absolute Gasteiger partial charge is 0.309 e. The van der Waals surface area contributed by atoms with Crippen molar-refractivity contribution in [1.82, 2.24) is 5.32 Å². The fourth-order valence-corrected chi connectivity index (χ4v) is 3.34. The van der Waals surface area contributed by atoms with E-state index in [-0.39, 0.29) is 5.82 Å². The summed E-state index contributed by atoms with van der Waals surface area (Å²) < 4.78 is 12.9. The summed E-state index contributed by atoms with van der Waals surface area (Å²) in [5.41, 5.74) is 3.95. The van der Waals surface area contributed by atoms with E-state index in [1.54, 1.807) is 11.8 Å². The summed E-state index contributed by atoms with van der Waals surface area (Å²) >= 11 is 1.76. The average molecular weight is 303 g/mol. The molecule has 1 nitrogen and oxygen atoms in total. The highest BCUT2D eigenvalue weighted by atomic mass is 32.2. The maximum Gasteiger partial charge on any atom is 0.123 e. The van der Waals surface area contributed by atoms with Crippen LogP contribution in [0.15, 0.2) is 47.4 Å². The summed E-state index contributed by atoms with van der Waals surface area (Å²) in [7, 11) is 0. The Morgan fingerprint density at radius 3 is 2.48 bits per heavy atom. The van der Waals surface area contributed by atoms with Crippen molar-refractivity contribution in [1.29, 1.82) is 0 Å². The second-order valence-corrected chi connectivity index (χ2v) is 6.33. The van der Waals surface area contributed by atoms with E-state index in [9.17, 15) is 4.39 Å². The fraction of sp³-hybridized carbons (Fsp3) is 0.333. The zero-order valence-corrected chi connectivity index (χ0v) is 13.6. The van der Waals surface area contributed by atoms with E-state index < -0.39 is 0 Å². The van der Waals surface area contributed by atoms with Gasteiger partial charge in [0.25, 0.3) is 0 Å². The quantitative estimate of drug-likeness (QED) is 0.763. The Morgan fingerprint density at radius 1 is 1.10 bits per heavy atom. The second-order valence-electron chi connectivity index (χ2n) is 5.24. The van der Waals surface area contributed by atoms with E-state index in [1.807, 2.05) is 12.1 Å². The van der Waals surface area contributed by atoms with Crippen LogP contribution in [0.3, 0.4) is 0 Å². The van der Waals surface area contributed by atoms with Gasteiger partial charge in [0.05, 0.1) is 0 Å². The number of rotatable bonds is 6. The molecule has 0 aromatic heterocycles. The van der Waals surface area contributed by atoms with Crippen molar-refractivity contribution in [2.45, 2.75) is 31.7 Å². The number of thioether (sulfide) groups is 1. The van der Waals surface area contributed by atoms with Gasteiger partial charge in [-0.25, -0.2) is 4.39 Å². The Hall–Kier alpha value is -1.32. The second kappa shape index (κ2) is 7.62. The standard InChI is InChI=1S/C18H22FNS/c1-4-20-18(17-11-13(2)5-6-14(17)3)12-21-16-9-7-15(19)8-10-16/h5-11,18,20H,4,12H2,1-3H3. The molecular weight excluding hydrogens is 281 g/mol. The normalized spacial score (nSPS) is 12.4. The first kappa shape index (κ1) is 16.1. The molecule has 21 heavy (non-hydrogen) atoms. The summed E-state index contributed by atoms with van der Waals surface area (Å²) in [4.78, 5) is 1.10. The maximum absolute atomic E-state index is 12.9. The number of benzene rings is 2. The van der Waals surface area contributed by atoms with E-state index in [1.165, 1.54) is 28.8 Å². The summed E-state index contributed by atoms with van der Waals surface area (Å²) in [6.45, 7) is 7.34. The van der Waals surface area contributed by atoms with E-state index in [0.717, 1.165) is 17.2 Å². The van der Waals surface area contributed by atoms with Crippen molar-refractivity contribution in [3.8, 4) is 0 Å². The minimum Gasteiger partial charge on any atom is -0.309 e. The third kappa shape index (κ3) is 4.58. The molecule has 0 amide bonds. The molecule has 1 N–H and O–H groups in total. The highest BCUT2D eigenvalue weighted by Gasteiger charge is 2.13. The number of hydrogen-bond donors (Lipinski definition) is 1. The number of halogens is 1. The Morgan fingerprint density at radius 2 is 1.81 bits per heavy atom.